The fourth-order valence-electron chi connectivity index (χ4n) is 6.94. The van der Waals surface area contributed by atoms with Crippen molar-refractivity contribution in [3.05, 3.63) is 47.5 Å². The molecule has 8 nitrogen and oxygen atoms in total. The Labute approximate surface area is 246 Å². The molecule has 2 aromatic heterocycles. The van der Waals surface area contributed by atoms with Crippen molar-refractivity contribution in [3.8, 4) is 35.5 Å². The van der Waals surface area contributed by atoms with Gasteiger partial charge in [0, 0.05) is 30.5 Å². The molecule has 0 saturated carbocycles. The lowest BCUT2D eigenvalue weighted by molar-refractivity contribution is 0.107. The summed E-state index contributed by atoms with van der Waals surface area (Å²) in [5, 5.41) is 11.0. The fraction of sp³-hybridized carbons (Fsp3) is 0.406. The lowest BCUT2D eigenvalue weighted by Gasteiger charge is -2.31. The van der Waals surface area contributed by atoms with Gasteiger partial charge in [0.2, 0.25) is 5.88 Å². The Bertz CT molecular complexity index is 1800. The number of β-amino-alcohol motifs (C(OH)–C–C–N with tert-alkyl or cyclic N) is 1. The van der Waals surface area contributed by atoms with Gasteiger partial charge in [-0.3, -0.25) is 4.90 Å². The number of hydrogen-bond acceptors (Lipinski definition) is 8. The van der Waals surface area contributed by atoms with Gasteiger partial charge in [0.1, 0.15) is 47.1 Å². The molecule has 3 atom stereocenters. The van der Waals surface area contributed by atoms with Crippen molar-refractivity contribution in [2.24, 2.45) is 0 Å². The molecule has 1 N–H and O–H groups in total. The lowest BCUT2D eigenvalue weighted by Crippen LogP contribution is -2.43. The van der Waals surface area contributed by atoms with Crippen LogP contribution >= 0.6 is 0 Å². The molecular formula is C32H30F3N5O3. The number of fused-ring (bicyclic) bond motifs is 2. The number of ether oxygens (including phenoxy) is 2. The van der Waals surface area contributed by atoms with Crippen LogP contribution in [0.5, 0.6) is 11.9 Å². The van der Waals surface area contributed by atoms with Gasteiger partial charge in [-0.15, -0.1) is 6.42 Å². The summed E-state index contributed by atoms with van der Waals surface area (Å²) in [6, 6.07) is 7.91. The maximum absolute atomic E-state index is 16.7. The van der Waals surface area contributed by atoms with E-state index in [-0.39, 0.29) is 59.4 Å². The normalized spacial score (nSPS) is 23.3. The van der Waals surface area contributed by atoms with Gasteiger partial charge >= 0.3 is 6.01 Å². The van der Waals surface area contributed by atoms with Crippen molar-refractivity contribution < 1.29 is 27.8 Å². The summed E-state index contributed by atoms with van der Waals surface area (Å²) >= 11 is 0. The van der Waals surface area contributed by atoms with Crippen molar-refractivity contribution in [1.82, 2.24) is 19.9 Å². The molecule has 0 radical (unpaired) electrons. The Morgan fingerprint density at radius 3 is 2.84 bits per heavy atom. The summed E-state index contributed by atoms with van der Waals surface area (Å²) in [4.78, 5) is 17.7. The van der Waals surface area contributed by atoms with Crippen LogP contribution in [0.25, 0.3) is 32.9 Å². The Morgan fingerprint density at radius 2 is 2.02 bits per heavy atom. The highest BCUT2D eigenvalue weighted by molar-refractivity contribution is 6.03. The average molecular weight is 590 g/mol. The molecule has 3 aliphatic heterocycles. The van der Waals surface area contributed by atoms with E-state index in [0.29, 0.717) is 36.1 Å². The largest absolute Gasteiger partial charge is 0.472 e. The topological polar surface area (TPSA) is 83.8 Å². The number of terminal acetylenes is 1. The van der Waals surface area contributed by atoms with Gasteiger partial charge in [0.15, 0.2) is 5.82 Å². The molecule has 7 rings (SSSR count). The van der Waals surface area contributed by atoms with Crippen LogP contribution in [-0.4, -0.2) is 82.2 Å². The number of hydrogen-bond donors (Lipinski definition) is 1. The molecule has 2 aromatic carbocycles. The van der Waals surface area contributed by atoms with E-state index in [1.807, 2.05) is 6.92 Å². The second-order valence-electron chi connectivity index (χ2n) is 11.6. The van der Waals surface area contributed by atoms with E-state index >= 15 is 4.39 Å². The minimum absolute atomic E-state index is 0.000765. The SMILES string of the molecule is C#Cc1c(F)ccc2cccc(-c3nc4c5c(nc(OC[C@@]67CCCN6C[C@H](F)C7)nc5c3F)N(CCO)C[C@@H](C)O4)c12. The monoisotopic (exact) mass is 589 g/mol. The molecule has 5 heterocycles. The standard InChI is InChI=1S/C32H30F3N5O3/c1-3-21-23(34)9-8-19-6-4-7-22(24(19)21)27-26(35)28-25-29(39(12-13-41)15-18(2)43-30(25)36-27)38-31(37-28)42-17-32-10-5-11-40(32)16-20(33)14-32/h1,4,6-9,18,20,41H,5,10-17H2,2H3/t18-,20-,32+/m1/s1. The number of aliphatic hydroxyl groups is 1. The van der Waals surface area contributed by atoms with E-state index in [1.54, 1.807) is 29.2 Å². The molecule has 2 fully saturated rings. The number of aromatic nitrogens is 3. The molecular weight excluding hydrogens is 559 g/mol. The summed E-state index contributed by atoms with van der Waals surface area (Å²) in [5.41, 5.74) is -0.371. The van der Waals surface area contributed by atoms with Crippen molar-refractivity contribution in [2.45, 2.75) is 44.0 Å². The van der Waals surface area contributed by atoms with E-state index in [4.69, 9.17) is 15.9 Å². The molecule has 43 heavy (non-hydrogen) atoms. The molecule has 11 heteroatoms. The van der Waals surface area contributed by atoms with E-state index in [0.717, 1.165) is 19.4 Å². The second-order valence-corrected chi connectivity index (χ2v) is 11.6. The number of rotatable bonds is 6. The molecule has 0 bridgehead atoms. The van der Waals surface area contributed by atoms with Crippen LogP contribution in [0.3, 0.4) is 0 Å². The molecule has 0 spiro atoms. The number of halogens is 3. The summed E-state index contributed by atoms with van der Waals surface area (Å²) in [6.45, 7) is 3.52. The molecule has 0 unspecified atom stereocenters. The third kappa shape index (κ3) is 4.51. The Morgan fingerprint density at radius 1 is 1.16 bits per heavy atom. The number of anilines is 1. The number of alkyl halides is 1. The van der Waals surface area contributed by atoms with Crippen LogP contribution in [0.2, 0.25) is 0 Å². The first-order chi connectivity index (χ1) is 20.8. The van der Waals surface area contributed by atoms with Gasteiger partial charge < -0.3 is 19.5 Å². The molecule has 3 aliphatic rings. The van der Waals surface area contributed by atoms with Crippen LogP contribution in [0, 0.1) is 24.0 Å². The van der Waals surface area contributed by atoms with Crippen LogP contribution in [-0.2, 0) is 0 Å². The number of nitrogens with zero attached hydrogens (tertiary/aromatic N) is 5. The maximum atomic E-state index is 16.7. The zero-order valence-corrected chi connectivity index (χ0v) is 23.6. The Balaban J connectivity index is 1.43. The summed E-state index contributed by atoms with van der Waals surface area (Å²) in [6.07, 6.45) is 6.44. The third-order valence-electron chi connectivity index (χ3n) is 8.80. The van der Waals surface area contributed by atoms with Crippen molar-refractivity contribution in [2.75, 3.05) is 44.3 Å². The first-order valence-corrected chi connectivity index (χ1v) is 14.5. The first kappa shape index (κ1) is 27.7. The minimum Gasteiger partial charge on any atom is -0.472 e. The quantitative estimate of drug-likeness (QED) is 0.326. The zero-order valence-electron chi connectivity index (χ0n) is 23.6. The van der Waals surface area contributed by atoms with Crippen LogP contribution in [0.1, 0.15) is 31.7 Å². The third-order valence-corrected chi connectivity index (χ3v) is 8.80. The minimum atomic E-state index is -0.933. The van der Waals surface area contributed by atoms with Gasteiger partial charge in [0.05, 0.1) is 24.3 Å². The highest BCUT2D eigenvalue weighted by atomic mass is 19.1. The van der Waals surface area contributed by atoms with Gasteiger partial charge in [-0.05, 0) is 37.8 Å². The van der Waals surface area contributed by atoms with Gasteiger partial charge in [0.25, 0.3) is 0 Å². The van der Waals surface area contributed by atoms with Gasteiger partial charge in [-0.2, -0.15) is 9.97 Å². The molecule has 222 valence electrons. The van der Waals surface area contributed by atoms with Crippen molar-refractivity contribution in [3.63, 3.8) is 0 Å². The zero-order chi connectivity index (χ0) is 29.9. The smallest absolute Gasteiger partial charge is 0.319 e. The Hall–Kier alpha value is -4.14. The molecule has 0 aliphatic carbocycles. The van der Waals surface area contributed by atoms with E-state index in [2.05, 4.69) is 25.8 Å². The van der Waals surface area contributed by atoms with Crippen molar-refractivity contribution in [1.29, 1.82) is 0 Å². The van der Waals surface area contributed by atoms with Crippen LogP contribution in [0.15, 0.2) is 30.3 Å². The fourth-order valence-corrected chi connectivity index (χ4v) is 6.94. The number of pyridine rings is 1. The van der Waals surface area contributed by atoms with Gasteiger partial charge in [-0.25, -0.2) is 18.2 Å². The molecule has 0 amide bonds. The van der Waals surface area contributed by atoms with Crippen molar-refractivity contribution >= 4 is 27.5 Å². The van der Waals surface area contributed by atoms with E-state index in [9.17, 15) is 13.9 Å². The first-order valence-electron chi connectivity index (χ1n) is 14.5. The predicted octanol–water partition coefficient (Wildman–Crippen LogP) is 4.64. The Kier molecular flexibility index (Phi) is 6.78. The molecule has 2 saturated heterocycles. The summed E-state index contributed by atoms with van der Waals surface area (Å²) in [5.74, 6) is 1.44. The highest BCUT2D eigenvalue weighted by Crippen LogP contribution is 2.43. The second kappa shape index (κ2) is 10.5. The highest BCUT2D eigenvalue weighted by Gasteiger charge is 2.49. The lowest BCUT2D eigenvalue weighted by atomic mass is 9.95. The van der Waals surface area contributed by atoms with Gasteiger partial charge in [-0.1, -0.05) is 30.2 Å². The predicted molar refractivity (Wildman–Crippen MR) is 156 cm³/mol. The van der Waals surface area contributed by atoms with E-state index < -0.39 is 29.4 Å². The maximum Gasteiger partial charge on any atom is 0.319 e. The summed E-state index contributed by atoms with van der Waals surface area (Å²) in [7, 11) is 0. The summed E-state index contributed by atoms with van der Waals surface area (Å²) < 4.78 is 58.3. The number of aliphatic hydroxyl groups excluding tert-OH is 1. The van der Waals surface area contributed by atoms with E-state index in [1.165, 1.54) is 6.07 Å². The average Bonchev–Trinajstić information content (AvgIpc) is 3.48. The van der Waals surface area contributed by atoms with Crippen LogP contribution in [0.4, 0.5) is 19.0 Å². The van der Waals surface area contributed by atoms with Crippen LogP contribution < -0.4 is 14.4 Å². The number of benzene rings is 2. The molecule has 4 aromatic rings.